The van der Waals surface area contributed by atoms with E-state index < -0.39 is 6.10 Å². The van der Waals surface area contributed by atoms with Gasteiger partial charge in [-0.25, -0.2) is 0 Å². The van der Waals surface area contributed by atoms with Crippen LogP contribution in [0.4, 0.5) is 0 Å². The predicted octanol–water partition coefficient (Wildman–Crippen LogP) is 1.46. The number of nitrogens with zero attached hydrogens (tertiary/aromatic N) is 2. The van der Waals surface area contributed by atoms with E-state index in [0.717, 1.165) is 17.7 Å². The predicted molar refractivity (Wildman–Crippen MR) is 62.7 cm³/mol. The van der Waals surface area contributed by atoms with Gasteiger partial charge < -0.3 is 9.84 Å². The molecule has 1 aliphatic heterocycles. The topological polar surface area (TPSA) is 47.3 Å². The largest absolute Gasteiger partial charge is 0.487 e. The van der Waals surface area contributed by atoms with Crippen molar-refractivity contribution >= 4 is 0 Å². The van der Waals surface area contributed by atoms with Crippen LogP contribution in [0.25, 0.3) is 0 Å². The maximum Gasteiger partial charge on any atom is 0.135 e. The molecule has 4 heteroatoms. The molecule has 0 fully saturated rings. The molecule has 1 aromatic heterocycles. The number of aliphatic hydroxyl groups excluding tert-OH is 1. The van der Waals surface area contributed by atoms with E-state index in [1.54, 1.807) is 4.68 Å². The van der Waals surface area contributed by atoms with Crippen molar-refractivity contribution in [3.63, 3.8) is 0 Å². The Morgan fingerprint density at radius 1 is 1.41 bits per heavy atom. The Morgan fingerprint density at radius 3 is 2.94 bits per heavy atom. The number of hydrogen-bond donors (Lipinski definition) is 1. The lowest BCUT2D eigenvalue weighted by Gasteiger charge is -2.15. The van der Waals surface area contributed by atoms with Gasteiger partial charge in [0.2, 0.25) is 0 Å². The Balaban J connectivity index is 1.80. The summed E-state index contributed by atoms with van der Waals surface area (Å²) in [6.07, 6.45) is 1.64. The molecular formula is C13H14N2O2. The van der Waals surface area contributed by atoms with Crippen LogP contribution in [-0.4, -0.2) is 21.0 Å². The second kappa shape index (κ2) is 3.89. The Bertz CT molecular complexity index is 511. The van der Waals surface area contributed by atoms with Crippen LogP contribution in [0.5, 0.6) is 5.75 Å². The van der Waals surface area contributed by atoms with Crippen molar-refractivity contribution in [3.8, 4) is 5.75 Å². The number of benzene rings is 1. The molecular weight excluding hydrogens is 216 g/mol. The molecule has 0 radical (unpaired) electrons. The highest BCUT2D eigenvalue weighted by molar-refractivity contribution is 5.37. The molecule has 0 bridgehead atoms. The monoisotopic (exact) mass is 230 g/mol. The van der Waals surface area contributed by atoms with Crippen molar-refractivity contribution in [2.75, 3.05) is 0 Å². The van der Waals surface area contributed by atoms with Crippen molar-refractivity contribution in [1.82, 2.24) is 9.78 Å². The Hall–Kier alpha value is -1.81. The molecule has 0 aliphatic carbocycles. The fourth-order valence-electron chi connectivity index (χ4n) is 2.17. The summed E-state index contributed by atoms with van der Waals surface area (Å²) in [5, 5.41) is 14.4. The molecule has 0 spiro atoms. The molecule has 0 saturated heterocycles. The molecule has 0 saturated carbocycles. The van der Waals surface area contributed by atoms with E-state index in [2.05, 4.69) is 5.10 Å². The number of fused-ring (bicyclic) bond motifs is 1. The van der Waals surface area contributed by atoms with Gasteiger partial charge >= 0.3 is 0 Å². The Kier molecular flexibility index (Phi) is 2.37. The molecule has 0 amide bonds. The third-order valence-electron chi connectivity index (χ3n) is 3.06. The van der Waals surface area contributed by atoms with E-state index in [1.807, 2.05) is 43.6 Å². The summed E-state index contributed by atoms with van der Waals surface area (Å²) in [6.45, 7) is 0. The number of aryl methyl sites for hydroxylation is 1. The van der Waals surface area contributed by atoms with Crippen molar-refractivity contribution in [1.29, 1.82) is 0 Å². The van der Waals surface area contributed by atoms with Gasteiger partial charge in [0.15, 0.2) is 0 Å². The van der Waals surface area contributed by atoms with E-state index in [0.29, 0.717) is 5.69 Å². The van der Waals surface area contributed by atoms with Gasteiger partial charge in [0.1, 0.15) is 18.0 Å². The van der Waals surface area contributed by atoms with Crippen LogP contribution >= 0.6 is 0 Å². The zero-order valence-corrected chi connectivity index (χ0v) is 9.58. The van der Waals surface area contributed by atoms with Crippen LogP contribution in [-0.2, 0) is 13.5 Å². The summed E-state index contributed by atoms with van der Waals surface area (Å²) in [7, 11) is 1.83. The van der Waals surface area contributed by atoms with E-state index in [1.165, 1.54) is 0 Å². The van der Waals surface area contributed by atoms with Crippen molar-refractivity contribution in [3.05, 3.63) is 47.8 Å². The standard InChI is InChI=1S/C13H14N2O2/c1-15-7-6-10(14-15)13(16)12-8-9-4-2-3-5-11(9)17-12/h2-7,12-13,16H,8H2,1H3. The summed E-state index contributed by atoms with van der Waals surface area (Å²) in [4.78, 5) is 0. The molecule has 1 aliphatic rings. The fraction of sp³-hybridized carbons (Fsp3) is 0.308. The fourth-order valence-corrected chi connectivity index (χ4v) is 2.17. The first kappa shape index (κ1) is 10.4. The van der Waals surface area contributed by atoms with Crippen LogP contribution in [0.2, 0.25) is 0 Å². The van der Waals surface area contributed by atoms with Crippen LogP contribution in [0.1, 0.15) is 17.4 Å². The van der Waals surface area contributed by atoms with E-state index >= 15 is 0 Å². The van der Waals surface area contributed by atoms with E-state index in [9.17, 15) is 5.11 Å². The summed E-state index contributed by atoms with van der Waals surface area (Å²) in [5.41, 5.74) is 1.80. The minimum atomic E-state index is -0.677. The highest BCUT2D eigenvalue weighted by Gasteiger charge is 2.31. The number of aliphatic hydroxyl groups is 1. The van der Waals surface area contributed by atoms with Gasteiger partial charge in [0.25, 0.3) is 0 Å². The number of hydrogen-bond acceptors (Lipinski definition) is 3. The van der Waals surface area contributed by atoms with Gasteiger partial charge in [0.05, 0.1) is 5.69 Å². The number of ether oxygens (including phenoxy) is 1. The maximum atomic E-state index is 10.2. The summed E-state index contributed by atoms with van der Waals surface area (Å²) >= 11 is 0. The van der Waals surface area contributed by atoms with Gasteiger partial charge in [0, 0.05) is 19.7 Å². The smallest absolute Gasteiger partial charge is 0.135 e. The van der Waals surface area contributed by atoms with Gasteiger partial charge in [-0.15, -0.1) is 0 Å². The van der Waals surface area contributed by atoms with E-state index in [-0.39, 0.29) is 6.10 Å². The van der Waals surface area contributed by atoms with Gasteiger partial charge in [-0.05, 0) is 17.7 Å². The molecule has 88 valence electrons. The maximum absolute atomic E-state index is 10.2. The van der Waals surface area contributed by atoms with Crippen molar-refractivity contribution < 1.29 is 9.84 Å². The lowest BCUT2D eigenvalue weighted by molar-refractivity contribution is 0.0459. The Morgan fingerprint density at radius 2 is 2.24 bits per heavy atom. The average Bonchev–Trinajstić information content (AvgIpc) is 2.93. The molecule has 2 atom stereocenters. The first-order chi connectivity index (χ1) is 8.24. The molecule has 4 nitrogen and oxygen atoms in total. The summed E-state index contributed by atoms with van der Waals surface area (Å²) in [6, 6.07) is 9.70. The van der Waals surface area contributed by atoms with Crippen LogP contribution < -0.4 is 4.74 Å². The van der Waals surface area contributed by atoms with Crippen molar-refractivity contribution in [2.24, 2.45) is 7.05 Å². The molecule has 2 aromatic rings. The van der Waals surface area contributed by atoms with Crippen LogP contribution in [0, 0.1) is 0 Å². The third kappa shape index (κ3) is 1.80. The second-order valence-corrected chi connectivity index (χ2v) is 4.33. The molecule has 17 heavy (non-hydrogen) atoms. The Labute approximate surface area is 99.5 Å². The minimum absolute atomic E-state index is 0.234. The van der Waals surface area contributed by atoms with Crippen molar-refractivity contribution in [2.45, 2.75) is 18.6 Å². The number of para-hydroxylation sites is 1. The SMILES string of the molecule is Cn1ccc(C(O)C2Cc3ccccc3O2)n1. The third-order valence-corrected chi connectivity index (χ3v) is 3.06. The quantitative estimate of drug-likeness (QED) is 0.849. The van der Waals surface area contributed by atoms with Gasteiger partial charge in [-0.3, -0.25) is 4.68 Å². The first-order valence-corrected chi connectivity index (χ1v) is 5.66. The number of rotatable bonds is 2. The molecule has 3 rings (SSSR count). The number of aromatic nitrogens is 2. The van der Waals surface area contributed by atoms with Crippen LogP contribution in [0.3, 0.4) is 0 Å². The van der Waals surface area contributed by atoms with Crippen LogP contribution in [0.15, 0.2) is 36.5 Å². The van der Waals surface area contributed by atoms with Gasteiger partial charge in [-0.1, -0.05) is 18.2 Å². The lowest BCUT2D eigenvalue weighted by Crippen LogP contribution is -2.23. The van der Waals surface area contributed by atoms with E-state index in [4.69, 9.17) is 4.74 Å². The average molecular weight is 230 g/mol. The minimum Gasteiger partial charge on any atom is -0.487 e. The highest BCUT2D eigenvalue weighted by Crippen LogP contribution is 2.33. The zero-order chi connectivity index (χ0) is 11.8. The summed E-state index contributed by atoms with van der Waals surface area (Å²) in [5.74, 6) is 0.868. The van der Waals surface area contributed by atoms with Gasteiger partial charge in [-0.2, -0.15) is 5.10 Å². The first-order valence-electron chi connectivity index (χ1n) is 5.66. The lowest BCUT2D eigenvalue weighted by atomic mass is 10.0. The molecule has 2 heterocycles. The normalized spacial score (nSPS) is 19.8. The second-order valence-electron chi connectivity index (χ2n) is 4.33. The molecule has 1 aromatic carbocycles. The molecule has 1 N–H and O–H groups in total. The molecule has 2 unspecified atom stereocenters. The highest BCUT2D eigenvalue weighted by atomic mass is 16.5. The zero-order valence-electron chi connectivity index (χ0n) is 9.58. The summed E-state index contributed by atoms with van der Waals surface area (Å²) < 4.78 is 7.41.